The van der Waals surface area contributed by atoms with E-state index in [2.05, 4.69) is 38.5 Å². The fraction of sp³-hybridized carbons (Fsp3) is 0.250. The molecule has 0 aromatic carbocycles. The summed E-state index contributed by atoms with van der Waals surface area (Å²) in [5.74, 6) is 0.550. The summed E-state index contributed by atoms with van der Waals surface area (Å²) in [6, 6.07) is 2.15. The molecule has 120 valence electrons. The number of H-pyrrole nitrogens is 1. The van der Waals surface area contributed by atoms with Crippen LogP contribution < -0.4 is 0 Å². The van der Waals surface area contributed by atoms with Crippen molar-refractivity contribution in [3.63, 3.8) is 0 Å². The average molecular weight is 377 g/mol. The first-order valence-electron chi connectivity index (χ1n) is 6.81. The van der Waals surface area contributed by atoms with Crippen molar-refractivity contribution in [3.8, 4) is 6.07 Å². The van der Waals surface area contributed by atoms with Crippen molar-refractivity contribution in [1.29, 1.82) is 5.26 Å². The minimum atomic E-state index is -0.579. The highest BCUT2D eigenvalue weighted by Crippen LogP contribution is 2.31. The number of hydrogen-bond donors (Lipinski definition) is 1. The van der Waals surface area contributed by atoms with Crippen LogP contribution in [0.15, 0.2) is 47.0 Å². The number of aromatic amines is 1. The monoisotopic (exact) mass is 376 g/mol. The van der Waals surface area contributed by atoms with Crippen LogP contribution in [0.2, 0.25) is 0 Å². The zero-order valence-electron chi connectivity index (χ0n) is 13.1. The number of aromatic nitrogens is 2. The van der Waals surface area contributed by atoms with Crippen LogP contribution in [0.25, 0.3) is 5.57 Å². The van der Waals surface area contributed by atoms with Gasteiger partial charge in [0.25, 0.3) is 0 Å². The van der Waals surface area contributed by atoms with Crippen LogP contribution in [0.4, 0.5) is 0 Å². The zero-order chi connectivity index (χ0) is 17.0. The van der Waals surface area contributed by atoms with Crippen LogP contribution in [-0.2, 0) is 9.47 Å². The van der Waals surface area contributed by atoms with Crippen molar-refractivity contribution in [2.24, 2.45) is 0 Å². The van der Waals surface area contributed by atoms with E-state index in [-0.39, 0.29) is 0 Å². The largest absolute Gasteiger partial charge is 0.349 e. The topological polar surface area (TPSA) is 74.2 Å². The van der Waals surface area contributed by atoms with E-state index in [0.29, 0.717) is 21.8 Å². The summed E-state index contributed by atoms with van der Waals surface area (Å²) < 4.78 is 11.0. The first-order chi connectivity index (χ1) is 11.0. The fourth-order valence-electron chi connectivity index (χ4n) is 2.15. The number of nitrogens with one attached hydrogen (secondary N) is 1. The Morgan fingerprint density at radius 1 is 1.48 bits per heavy atom. The molecule has 7 heteroatoms. The summed E-state index contributed by atoms with van der Waals surface area (Å²) in [6.45, 7) is 5.76. The van der Waals surface area contributed by atoms with Gasteiger partial charge < -0.3 is 19.4 Å². The lowest BCUT2D eigenvalue weighted by atomic mass is 10.1. The SMILES string of the molecule is C=C1C=CC(c2[nH]c(C(OC)OC)nc2Br)=CN1/C(C#N)=C\C. The molecule has 0 bridgehead atoms. The summed E-state index contributed by atoms with van der Waals surface area (Å²) >= 11 is 3.44. The first-order valence-corrected chi connectivity index (χ1v) is 7.60. The highest BCUT2D eigenvalue weighted by molar-refractivity contribution is 9.10. The lowest BCUT2D eigenvalue weighted by Crippen LogP contribution is -2.16. The molecule has 1 aliphatic rings. The van der Waals surface area contributed by atoms with Crippen molar-refractivity contribution in [2.45, 2.75) is 13.2 Å². The molecule has 0 unspecified atom stereocenters. The molecule has 1 aromatic heterocycles. The van der Waals surface area contributed by atoms with Gasteiger partial charge in [0.2, 0.25) is 6.29 Å². The van der Waals surface area contributed by atoms with Gasteiger partial charge in [-0.1, -0.05) is 12.7 Å². The standard InChI is InChI=1S/C16H17BrN4O2/c1-5-12(8-18)21-9-11(7-6-10(21)2)13-14(17)20-15(19-13)16(22-3)23-4/h5-7,9,16H,2H2,1,3-4H3,(H,19,20)/b12-5-. The molecule has 1 aromatic rings. The molecule has 0 fully saturated rings. The number of halogens is 1. The van der Waals surface area contributed by atoms with Gasteiger partial charge in [-0.2, -0.15) is 5.26 Å². The number of nitrogens with zero attached hydrogens (tertiary/aromatic N) is 3. The van der Waals surface area contributed by atoms with E-state index in [1.165, 1.54) is 0 Å². The molecule has 0 saturated heterocycles. The molecule has 1 N–H and O–H groups in total. The van der Waals surface area contributed by atoms with Gasteiger partial charge in [0.1, 0.15) is 16.4 Å². The maximum Gasteiger partial charge on any atom is 0.216 e. The van der Waals surface area contributed by atoms with Crippen LogP contribution >= 0.6 is 15.9 Å². The highest BCUT2D eigenvalue weighted by atomic mass is 79.9. The molecule has 23 heavy (non-hydrogen) atoms. The first kappa shape index (κ1) is 17.2. The number of hydrogen-bond acceptors (Lipinski definition) is 5. The number of ether oxygens (including phenoxy) is 2. The van der Waals surface area contributed by atoms with E-state index in [1.807, 2.05) is 25.3 Å². The van der Waals surface area contributed by atoms with E-state index in [9.17, 15) is 5.26 Å². The van der Waals surface area contributed by atoms with Crippen molar-refractivity contribution in [3.05, 3.63) is 58.5 Å². The van der Waals surface area contributed by atoms with Crippen molar-refractivity contribution >= 4 is 21.5 Å². The number of imidazole rings is 1. The Bertz CT molecular complexity index is 736. The number of methoxy groups -OCH3 is 2. The van der Waals surface area contributed by atoms with Crippen LogP contribution in [0, 0.1) is 11.3 Å². The van der Waals surface area contributed by atoms with E-state index in [4.69, 9.17) is 9.47 Å². The van der Waals surface area contributed by atoms with E-state index >= 15 is 0 Å². The molecule has 0 radical (unpaired) electrons. The summed E-state index contributed by atoms with van der Waals surface area (Å²) in [6.07, 6.45) is 6.73. The second kappa shape index (κ2) is 7.42. The Morgan fingerprint density at radius 2 is 2.17 bits per heavy atom. The summed E-state index contributed by atoms with van der Waals surface area (Å²) in [4.78, 5) is 9.28. The maximum absolute atomic E-state index is 9.23. The van der Waals surface area contributed by atoms with Crippen LogP contribution in [0.1, 0.15) is 24.7 Å². The van der Waals surface area contributed by atoms with E-state index < -0.39 is 6.29 Å². The quantitative estimate of drug-likeness (QED) is 0.627. The zero-order valence-corrected chi connectivity index (χ0v) is 14.7. The third-order valence-corrected chi connectivity index (χ3v) is 3.87. The Balaban J connectivity index is 2.42. The number of allylic oxidation sites excluding steroid dienone is 5. The van der Waals surface area contributed by atoms with Gasteiger partial charge in [-0.05, 0) is 35.0 Å². The third-order valence-electron chi connectivity index (χ3n) is 3.30. The predicted octanol–water partition coefficient (Wildman–Crippen LogP) is 3.62. The molecule has 2 rings (SSSR count). The Labute approximate surface area is 143 Å². The van der Waals surface area contributed by atoms with Gasteiger partial charge >= 0.3 is 0 Å². The minimum Gasteiger partial charge on any atom is -0.349 e. The lowest BCUT2D eigenvalue weighted by molar-refractivity contribution is -0.111. The Kier molecular flexibility index (Phi) is 5.55. The minimum absolute atomic E-state index is 0.499. The van der Waals surface area contributed by atoms with E-state index in [0.717, 1.165) is 11.3 Å². The second-order valence-corrected chi connectivity index (χ2v) is 5.41. The molecule has 6 nitrogen and oxygen atoms in total. The summed E-state index contributed by atoms with van der Waals surface area (Å²) in [7, 11) is 3.09. The molecule has 0 atom stereocenters. The second-order valence-electron chi connectivity index (χ2n) is 4.66. The number of nitriles is 1. The molecule has 2 heterocycles. The van der Waals surface area contributed by atoms with Gasteiger partial charge in [0.15, 0.2) is 5.82 Å². The van der Waals surface area contributed by atoms with Crippen LogP contribution in [0.5, 0.6) is 0 Å². The van der Waals surface area contributed by atoms with Crippen LogP contribution in [0.3, 0.4) is 0 Å². The summed E-state index contributed by atoms with van der Waals surface area (Å²) in [5.41, 5.74) is 2.83. The normalized spacial score (nSPS) is 15.1. The molecule has 0 aliphatic carbocycles. The molecule has 0 amide bonds. The third kappa shape index (κ3) is 3.45. The number of rotatable bonds is 5. The van der Waals surface area contributed by atoms with Gasteiger partial charge in [0.05, 0.1) is 5.69 Å². The van der Waals surface area contributed by atoms with Gasteiger partial charge in [-0.25, -0.2) is 4.98 Å². The van der Waals surface area contributed by atoms with Crippen molar-refractivity contribution in [2.75, 3.05) is 14.2 Å². The molecule has 0 saturated carbocycles. The average Bonchev–Trinajstić information content (AvgIpc) is 2.93. The Hall–Kier alpha value is -2.14. The van der Waals surface area contributed by atoms with Gasteiger partial charge in [0, 0.05) is 31.7 Å². The fourth-order valence-corrected chi connectivity index (χ4v) is 2.67. The lowest BCUT2D eigenvalue weighted by Gasteiger charge is -2.23. The van der Waals surface area contributed by atoms with Crippen molar-refractivity contribution < 1.29 is 9.47 Å². The predicted molar refractivity (Wildman–Crippen MR) is 90.5 cm³/mol. The molecular formula is C16H17BrN4O2. The Morgan fingerprint density at radius 3 is 2.74 bits per heavy atom. The summed E-state index contributed by atoms with van der Waals surface area (Å²) in [5, 5.41) is 9.23. The smallest absolute Gasteiger partial charge is 0.216 e. The van der Waals surface area contributed by atoms with Gasteiger partial charge in [-0.3, -0.25) is 0 Å². The van der Waals surface area contributed by atoms with Gasteiger partial charge in [-0.15, -0.1) is 0 Å². The molecule has 0 spiro atoms. The maximum atomic E-state index is 9.23. The highest BCUT2D eigenvalue weighted by Gasteiger charge is 2.21. The molecular weight excluding hydrogens is 360 g/mol. The van der Waals surface area contributed by atoms with Crippen LogP contribution in [-0.4, -0.2) is 29.1 Å². The molecule has 1 aliphatic heterocycles. The van der Waals surface area contributed by atoms with Crippen molar-refractivity contribution in [1.82, 2.24) is 14.9 Å². The van der Waals surface area contributed by atoms with E-state index in [1.54, 1.807) is 25.2 Å².